The molecule has 0 aromatic heterocycles. The SMILES string of the molecule is C=CCCCC12CCCC(=O)C1C2. The van der Waals surface area contributed by atoms with E-state index in [9.17, 15) is 4.79 Å². The molecule has 1 heteroatoms. The quantitative estimate of drug-likeness (QED) is 0.477. The lowest BCUT2D eigenvalue weighted by molar-refractivity contribution is -0.122. The predicted octanol–water partition coefficient (Wildman–Crippen LogP) is 3.10. The summed E-state index contributed by atoms with van der Waals surface area (Å²) in [6, 6.07) is 0. The summed E-state index contributed by atoms with van der Waals surface area (Å²) in [5, 5.41) is 0. The second-order valence-electron chi connectivity index (χ2n) is 4.62. The van der Waals surface area contributed by atoms with Gasteiger partial charge in [-0.15, -0.1) is 6.58 Å². The van der Waals surface area contributed by atoms with Gasteiger partial charge in [-0.1, -0.05) is 6.08 Å². The molecule has 0 aromatic carbocycles. The maximum atomic E-state index is 11.5. The number of hydrogen-bond donors (Lipinski definition) is 0. The zero-order valence-electron chi connectivity index (χ0n) is 8.22. The van der Waals surface area contributed by atoms with Crippen molar-refractivity contribution < 1.29 is 4.79 Å². The van der Waals surface area contributed by atoms with Gasteiger partial charge in [-0.2, -0.15) is 0 Å². The van der Waals surface area contributed by atoms with Crippen molar-refractivity contribution in [3.05, 3.63) is 12.7 Å². The van der Waals surface area contributed by atoms with E-state index in [2.05, 4.69) is 6.58 Å². The number of ketones is 1. The Morgan fingerprint density at radius 1 is 1.62 bits per heavy atom. The van der Waals surface area contributed by atoms with Crippen molar-refractivity contribution in [2.45, 2.75) is 44.9 Å². The summed E-state index contributed by atoms with van der Waals surface area (Å²) < 4.78 is 0. The number of carbonyl (C=O) groups is 1. The van der Waals surface area contributed by atoms with E-state index in [0.717, 1.165) is 19.3 Å². The maximum absolute atomic E-state index is 11.5. The number of rotatable bonds is 4. The molecular formula is C12H18O. The standard InChI is InChI=1S/C12H18O/c1-2-3-4-7-12-8-5-6-11(13)10(12)9-12/h2,10H,1,3-9H2. The molecular weight excluding hydrogens is 160 g/mol. The molecule has 0 bridgehead atoms. The van der Waals surface area contributed by atoms with Crippen LogP contribution in [-0.4, -0.2) is 5.78 Å². The van der Waals surface area contributed by atoms with Crippen LogP contribution < -0.4 is 0 Å². The Kier molecular flexibility index (Phi) is 2.27. The molecule has 0 radical (unpaired) electrons. The lowest BCUT2D eigenvalue weighted by atomic mass is 9.84. The Bertz CT molecular complexity index is 231. The highest BCUT2D eigenvalue weighted by atomic mass is 16.1. The average Bonchev–Trinajstić information content (AvgIpc) is 2.82. The van der Waals surface area contributed by atoms with Crippen LogP contribution in [0.3, 0.4) is 0 Å². The van der Waals surface area contributed by atoms with Crippen LogP contribution in [0.4, 0.5) is 0 Å². The van der Waals surface area contributed by atoms with Crippen LogP contribution in [0.25, 0.3) is 0 Å². The van der Waals surface area contributed by atoms with Crippen molar-refractivity contribution in [3.8, 4) is 0 Å². The van der Waals surface area contributed by atoms with Crippen molar-refractivity contribution in [2.75, 3.05) is 0 Å². The minimum Gasteiger partial charge on any atom is -0.299 e. The smallest absolute Gasteiger partial charge is 0.136 e. The van der Waals surface area contributed by atoms with Gasteiger partial charge >= 0.3 is 0 Å². The molecule has 0 N–H and O–H groups in total. The fourth-order valence-electron chi connectivity index (χ4n) is 2.87. The van der Waals surface area contributed by atoms with Crippen LogP contribution in [0.5, 0.6) is 0 Å². The number of unbranched alkanes of at least 4 members (excludes halogenated alkanes) is 1. The first-order valence-electron chi connectivity index (χ1n) is 5.42. The minimum atomic E-state index is 0.464. The van der Waals surface area contributed by atoms with Gasteiger partial charge in [0.25, 0.3) is 0 Å². The van der Waals surface area contributed by atoms with E-state index in [1.54, 1.807) is 0 Å². The Labute approximate surface area is 80.2 Å². The van der Waals surface area contributed by atoms with Gasteiger partial charge in [-0.05, 0) is 43.9 Å². The first-order valence-corrected chi connectivity index (χ1v) is 5.42. The molecule has 2 saturated carbocycles. The summed E-state index contributed by atoms with van der Waals surface area (Å²) in [4.78, 5) is 11.5. The van der Waals surface area contributed by atoms with E-state index in [1.807, 2.05) is 6.08 Å². The van der Waals surface area contributed by atoms with Gasteiger partial charge < -0.3 is 0 Å². The molecule has 0 amide bonds. The van der Waals surface area contributed by atoms with Crippen molar-refractivity contribution in [3.63, 3.8) is 0 Å². The van der Waals surface area contributed by atoms with Crippen LogP contribution in [0.1, 0.15) is 44.9 Å². The van der Waals surface area contributed by atoms with Gasteiger partial charge in [0.15, 0.2) is 0 Å². The third kappa shape index (κ3) is 1.56. The third-order valence-electron chi connectivity index (χ3n) is 3.76. The van der Waals surface area contributed by atoms with Crippen LogP contribution in [-0.2, 0) is 4.79 Å². The van der Waals surface area contributed by atoms with E-state index >= 15 is 0 Å². The van der Waals surface area contributed by atoms with Crippen LogP contribution in [0.2, 0.25) is 0 Å². The fourth-order valence-corrected chi connectivity index (χ4v) is 2.87. The number of carbonyl (C=O) groups excluding carboxylic acids is 1. The monoisotopic (exact) mass is 178 g/mol. The van der Waals surface area contributed by atoms with Gasteiger partial charge in [-0.3, -0.25) is 4.79 Å². The lowest BCUT2D eigenvalue weighted by Gasteiger charge is -2.20. The Balaban J connectivity index is 1.85. The Hall–Kier alpha value is -0.590. The second kappa shape index (κ2) is 3.28. The average molecular weight is 178 g/mol. The summed E-state index contributed by atoms with van der Waals surface area (Å²) in [7, 11) is 0. The Morgan fingerprint density at radius 3 is 3.23 bits per heavy atom. The number of allylic oxidation sites excluding steroid dienone is 1. The van der Waals surface area contributed by atoms with Gasteiger partial charge in [0.05, 0.1) is 0 Å². The van der Waals surface area contributed by atoms with E-state index < -0.39 is 0 Å². The molecule has 72 valence electrons. The number of hydrogen-bond acceptors (Lipinski definition) is 1. The molecule has 0 heterocycles. The highest BCUT2D eigenvalue weighted by Gasteiger charge is 2.57. The number of Topliss-reactive ketones (excluding diaryl/α,β-unsaturated/α-hetero) is 1. The third-order valence-corrected chi connectivity index (χ3v) is 3.76. The lowest BCUT2D eigenvalue weighted by Crippen LogP contribution is -2.17. The predicted molar refractivity (Wildman–Crippen MR) is 53.4 cm³/mol. The van der Waals surface area contributed by atoms with Gasteiger partial charge in [-0.25, -0.2) is 0 Å². The van der Waals surface area contributed by atoms with Crippen LogP contribution >= 0.6 is 0 Å². The maximum Gasteiger partial charge on any atom is 0.136 e. The highest BCUT2D eigenvalue weighted by molar-refractivity contribution is 5.85. The minimum absolute atomic E-state index is 0.464. The molecule has 0 aromatic rings. The van der Waals surface area contributed by atoms with E-state index in [0.29, 0.717) is 17.1 Å². The molecule has 2 aliphatic carbocycles. The topological polar surface area (TPSA) is 17.1 Å². The van der Waals surface area contributed by atoms with Crippen molar-refractivity contribution in [1.29, 1.82) is 0 Å². The number of fused-ring (bicyclic) bond motifs is 1. The zero-order chi connectivity index (χ0) is 9.31. The van der Waals surface area contributed by atoms with Crippen molar-refractivity contribution >= 4 is 5.78 Å². The molecule has 2 fully saturated rings. The summed E-state index contributed by atoms with van der Waals surface area (Å²) in [5.41, 5.74) is 0.471. The first kappa shape index (κ1) is 8.98. The summed E-state index contributed by atoms with van der Waals surface area (Å²) in [5.74, 6) is 1.01. The normalized spacial score (nSPS) is 36.9. The van der Waals surface area contributed by atoms with Gasteiger partial charge in [0.1, 0.15) is 5.78 Å². The first-order chi connectivity index (χ1) is 6.28. The highest BCUT2D eigenvalue weighted by Crippen LogP contribution is 2.62. The molecule has 13 heavy (non-hydrogen) atoms. The summed E-state index contributed by atoms with van der Waals surface area (Å²) >= 11 is 0. The molecule has 2 rings (SSSR count). The van der Waals surface area contributed by atoms with Crippen molar-refractivity contribution in [1.82, 2.24) is 0 Å². The van der Waals surface area contributed by atoms with Gasteiger partial charge in [0.2, 0.25) is 0 Å². The second-order valence-corrected chi connectivity index (χ2v) is 4.62. The van der Waals surface area contributed by atoms with E-state index in [1.165, 1.54) is 25.7 Å². The van der Waals surface area contributed by atoms with E-state index in [4.69, 9.17) is 0 Å². The molecule has 1 nitrogen and oxygen atoms in total. The summed E-state index contributed by atoms with van der Waals surface area (Å²) in [6.07, 6.45) is 10.1. The van der Waals surface area contributed by atoms with Crippen LogP contribution in [0.15, 0.2) is 12.7 Å². The largest absolute Gasteiger partial charge is 0.299 e. The van der Waals surface area contributed by atoms with Gasteiger partial charge in [0, 0.05) is 12.3 Å². The van der Waals surface area contributed by atoms with Crippen LogP contribution in [0, 0.1) is 11.3 Å². The molecule has 2 unspecified atom stereocenters. The molecule has 2 atom stereocenters. The molecule has 0 aliphatic heterocycles. The molecule has 2 aliphatic rings. The molecule has 0 spiro atoms. The molecule has 0 saturated heterocycles. The van der Waals surface area contributed by atoms with Crippen molar-refractivity contribution in [2.24, 2.45) is 11.3 Å². The van der Waals surface area contributed by atoms with E-state index in [-0.39, 0.29) is 0 Å². The zero-order valence-corrected chi connectivity index (χ0v) is 8.22. The Morgan fingerprint density at radius 2 is 2.46 bits per heavy atom. The fraction of sp³-hybridized carbons (Fsp3) is 0.750. The summed E-state index contributed by atoms with van der Waals surface area (Å²) in [6.45, 7) is 3.73.